The van der Waals surface area contributed by atoms with E-state index >= 15 is 0 Å². The lowest BCUT2D eigenvalue weighted by Crippen LogP contribution is -2.56. The molecule has 1 atom stereocenters. The van der Waals surface area contributed by atoms with Gasteiger partial charge < -0.3 is 5.32 Å². The van der Waals surface area contributed by atoms with Crippen molar-refractivity contribution < 1.29 is 4.79 Å². The van der Waals surface area contributed by atoms with Crippen LogP contribution in [-0.2, 0) is 10.5 Å². The molecule has 4 fully saturated rings. The van der Waals surface area contributed by atoms with Crippen LogP contribution in [0, 0.1) is 23.2 Å². The Balaban J connectivity index is 1.18. The first-order valence-corrected chi connectivity index (χ1v) is 12.3. The van der Waals surface area contributed by atoms with E-state index in [1.54, 1.807) is 23.5 Å². The molecule has 27 heavy (non-hydrogen) atoms. The molecule has 1 aliphatic heterocycles. The number of amides is 1. The van der Waals surface area contributed by atoms with Crippen LogP contribution in [0.5, 0.6) is 0 Å². The Bertz CT molecular complexity index is 740. The highest BCUT2D eigenvalue weighted by atomic mass is 32.2. The Morgan fingerprint density at radius 2 is 1.89 bits per heavy atom. The molecule has 1 N–H and O–H groups in total. The zero-order chi connectivity index (χ0) is 18.4. The van der Waals surface area contributed by atoms with E-state index in [2.05, 4.69) is 30.4 Å². The van der Waals surface area contributed by atoms with E-state index in [0.29, 0.717) is 17.2 Å². The number of aliphatic imine (C=N–C) groups is 1. The van der Waals surface area contributed by atoms with Gasteiger partial charge in [0.25, 0.3) is 0 Å². The summed E-state index contributed by atoms with van der Waals surface area (Å²) in [4.78, 5) is 17.4. The van der Waals surface area contributed by atoms with E-state index in [4.69, 9.17) is 4.99 Å². The van der Waals surface area contributed by atoms with Crippen LogP contribution in [0.3, 0.4) is 0 Å². The molecule has 0 saturated heterocycles. The number of hydrogen-bond acceptors (Lipinski definition) is 4. The molecule has 1 aromatic rings. The van der Waals surface area contributed by atoms with Gasteiger partial charge in [-0.1, -0.05) is 41.7 Å². The van der Waals surface area contributed by atoms with Crippen molar-refractivity contribution in [3.8, 4) is 0 Å². The molecule has 144 valence electrons. The number of fused-ring (bicyclic) bond motifs is 1. The largest absolute Gasteiger partial charge is 0.352 e. The summed E-state index contributed by atoms with van der Waals surface area (Å²) in [5, 5.41) is 3.37. The summed E-state index contributed by atoms with van der Waals surface area (Å²) < 4.78 is 1.02. The van der Waals surface area contributed by atoms with Crippen molar-refractivity contribution in [2.75, 3.05) is 5.75 Å². The molecule has 3 nitrogen and oxygen atoms in total. The summed E-state index contributed by atoms with van der Waals surface area (Å²) in [6.45, 7) is 2.26. The fraction of sp³-hybridized carbons (Fsp3) is 0.636. The van der Waals surface area contributed by atoms with Gasteiger partial charge in [0.05, 0.1) is 11.4 Å². The highest BCUT2D eigenvalue weighted by molar-refractivity contribution is 8.38. The highest BCUT2D eigenvalue weighted by Crippen LogP contribution is 2.61. The number of hydrogen-bond donors (Lipinski definition) is 1. The molecule has 1 aromatic carbocycles. The maximum Gasteiger partial charge on any atom is 0.230 e. The van der Waals surface area contributed by atoms with Crippen molar-refractivity contribution >= 4 is 39.5 Å². The van der Waals surface area contributed by atoms with Crippen LogP contribution >= 0.6 is 23.5 Å². The summed E-state index contributed by atoms with van der Waals surface area (Å²) in [7, 11) is 0. The SMILES string of the molecule is C[C@@H](NC(=O)CSC1=Nc2ccccc2CS1)C12CC3CC(CC(C3)C1)C2. The molecule has 0 spiro atoms. The smallest absolute Gasteiger partial charge is 0.230 e. The molecule has 4 saturated carbocycles. The van der Waals surface area contributed by atoms with E-state index in [1.807, 2.05) is 6.07 Å². The van der Waals surface area contributed by atoms with Crippen molar-refractivity contribution in [1.82, 2.24) is 5.32 Å². The van der Waals surface area contributed by atoms with Gasteiger partial charge in [0.2, 0.25) is 5.91 Å². The van der Waals surface area contributed by atoms with Gasteiger partial charge in [0, 0.05) is 11.8 Å². The van der Waals surface area contributed by atoms with Crippen molar-refractivity contribution in [1.29, 1.82) is 0 Å². The van der Waals surface area contributed by atoms with Crippen LogP contribution in [0.15, 0.2) is 29.3 Å². The normalized spacial score (nSPS) is 34.7. The number of para-hydroxylation sites is 1. The number of carbonyl (C=O) groups excluding carboxylic acids is 1. The minimum atomic E-state index is 0.172. The number of benzene rings is 1. The fourth-order valence-electron chi connectivity index (χ4n) is 6.36. The van der Waals surface area contributed by atoms with Gasteiger partial charge in [0.1, 0.15) is 4.38 Å². The molecule has 6 rings (SSSR count). The summed E-state index contributed by atoms with van der Waals surface area (Å²) in [6, 6.07) is 8.59. The van der Waals surface area contributed by atoms with E-state index < -0.39 is 0 Å². The quantitative estimate of drug-likeness (QED) is 0.738. The predicted octanol–water partition coefficient (Wildman–Crippen LogP) is 5.38. The van der Waals surface area contributed by atoms with Crippen molar-refractivity contribution in [3.05, 3.63) is 29.8 Å². The molecule has 4 aliphatic carbocycles. The van der Waals surface area contributed by atoms with E-state index in [-0.39, 0.29) is 5.91 Å². The van der Waals surface area contributed by atoms with Gasteiger partial charge in [-0.3, -0.25) is 4.79 Å². The number of carbonyl (C=O) groups is 1. The van der Waals surface area contributed by atoms with Gasteiger partial charge in [-0.2, -0.15) is 0 Å². The van der Waals surface area contributed by atoms with Crippen molar-refractivity contribution in [3.63, 3.8) is 0 Å². The van der Waals surface area contributed by atoms with E-state index in [1.165, 1.54) is 44.1 Å². The highest BCUT2D eigenvalue weighted by Gasteiger charge is 2.53. The zero-order valence-corrected chi connectivity index (χ0v) is 17.6. The Morgan fingerprint density at radius 3 is 2.59 bits per heavy atom. The molecule has 5 aliphatic rings. The molecular weight excluding hydrogens is 372 g/mol. The molecule has 0 unspecified atom stereocenters. The summed E-state index contributed by atoms with van der Waals surface area (Å²) >= 11 is 3.34. The molecule has 0 aromatic heterocycles. The topological polar surface area (TPSA) is 41.5 Å². The van der Waals surface area contributed by atoms with E-state index in [9.17, 15) is 4.79 Å². The Hall–Kier alpha value is -0.940. The lowest BCUT2D eigenvalue weighted by atomic mass is 9.48. The second kappa shape index (κ2) is 7.14. The maximum atomic E-state index is 12.6. The van der Waals surface area contributed by atoms with Crippen molar-refractivity contribution in [2.45, 2.75) is 57.2 Å². The number of nitrogens with zero attached hydrogens (tertiary/aromatic N) is 1. The third-order valence-electron chi connectivity index (χ3n) is 7.26. The minimum Gasteiger partial charge on any atom is -0.352 e. The Labute approximate surface area is 170 Å². The number of nitrogens with one attached hydrogen (secondary N) is 1. The predicted molar refractivity (Wildman–Crippen MR) is 115 cm³/mol. The first kappa shape index (κ1) is 18.1. The standard InChI is InChI=1S/C22H28N2OS2/c1-14(22-9-15-6-16(10-22)8-17(7-15)11-22)23-20(25)13-27-21-24-19-5-3-2-4-18(19)12-26-21/h2-5,14-17H,6-13H2,1H3,(H,23,25)/t14-,15?,16?,17?,22?/m1/s1. The maximum absolute atomic E-state index is 12.6. The lowest BCUT2D eigenvalue weighted by Gasteiger charge is -2.59. The first-order valence-electron chi connectivity index (χ1n) is 10.3. The third kappa shape index (κ3) is 3.57. The van der Waals surface area contributed by atoms with Crippen LogP contribution in [0.2, 0.25) is 0 Å². The molecule has 1 heterocycles. The lowest BCUT2D eigenvalue weighted by molar-refractivity contribution is -0.123. The molecule has 5 heteroatoms. The monoisotopic (exact) mass is 400 g/mol. The summed E-state index contributed by atoms with van der Waals surface area (Å²) in [5.41, 5.74) is 2.72. The third-order valence-corrected chi connectivity index (χ3v) is 9.51. The van der Waals surface area contributed by atoms with Crippen LogP contribution in [0.25, 0.3) is 0 Å². The second-order valence-electron chi connectivity index (χ2n) is 9.15. The number of rotatable bonds is 4. The van der Waals surface area contributed by atoms with Crippen molar-refractivity contribution in [2.24, 2.45) is 28.2 Å². The minimum absolute atomic E-state index is 0.172. The number of thioether (sulfide) groups is 2. The molecule has 1 amide bonds. The molecular formula is C22H28N2OS2. The average Bonchev–Trinajstić information content (AvgIpc) is 2.65. The Kier molecular flexibility index (Phi) is 4.79. The fourth-order valence-corrected chi connectivity index (χ4v) is 8.23. The van der Waals surface area contributed by atoms with Gasteiger partial charge in [0.15, 0.2) is 0 Å². The summed E-state index contributed by atoms with van der Waals surface area (Å²) in [5.74, 6) is 4.39. The van der Waals surface area contributed by atoms with Gasteiger partial charge in [-0.05, 0) is 80.2 Å². The zero-order valence-electron chi connectivity index (χ0n) is 15.9. The first-order chi connectivity index (χ1) is 13.1. The van der Waals surface area contributed by atoms with Gasteiger partial charge >= 0.3 is 0 Å². The summed E-state index contributed by atoms with van der Waals surface area (Å²) in [6.07, 6.45) is 8.38. The molecule has 4 bridgehead atoms. The van der Waals surface area contributed by atoms with Crippen LogP contribution in [0.1, 0.15) is 51.0 Å². The van der Waals surface area contributed by atoms with Crippen LogP contribution in [0.4, 0.5) is 5.69 Å². The molecule has 0 radical (unpaired) electrons. The van der Waals surface area contributed by atoms with Gasteiger partial charge in [-0.15, -0.1) is 0 Å². The van der Waals surface area contributed by atoms with Crippen LogP contribution < -0.4 is 5.32 Å². The van der Waals surface area contributed by atoms with Gasteiger partial charge in [-0.25, -0.2) is 4.99 Å². The Morgan fingerprint density at radius 1 is 1.22 bits per heavy atom. The van der Waals surface area contributed by atoms with Crippen LogP contribution in [-0.4, -0.2) is 22.1 Å². The second-order valence-corrected chi connectivity index (χ2v) is 11.3. The average molecular weight is 401 g/mol. The van der Waals surface area contributed by atoms with E-state index in [0.717, 1.165) is 33.6 Å².